The first kappa shape index (κ1) is 11.4. The quantitative estimate of drug-likeness (QED) is 0.885. The number of pyridine rings is 1. The number of hydrogen-bond acceptors (Lipinski definition) is 3. The van der Waals surface area contributed by atoms with Crippen molar-refractivity contribution in [2.45, 2.75) is 13.5 Å². The standard InChI is InChI=1S/C13H13FN2O/c1-9-6-11(14)2-3-12(9)17-8-10-4-5-16-13(15)7-10/h2-7H,8H2,1H3,(H2,15,16). The van der Waals surface area contributed by atoms with Crippen LogP contribution in [-0.4, -0.2) is 4.98 Å². The summed E-state index contributed by atoms with van der Waals surface area (Å²) in [6, 6.07) is 8.02. The van der Waals surface area contributed by atoms with Gasteiger partial charge in [-0.2, -0.15) is 0 Å². The minimum atomic E-state index is -0.261. The molecule has 0 amide bonds. The number of benzene rings is 1. The molecule has 0 spiro atoms. The minimum absolute atomic E-state index is 0.261. The predicted octanol–water partition coefficient (Wildman–Crippen LogP) is 2.69. The first-order valence-corrected chi connectivity index (χ1v) is 5.24. The summed E-state index contributed by atoms with van der Waals surface area (Å²) in [5.74, 6) is 0.867. The Morgan fingerprint density at radius 3 is 2.82 bits per heavy atom. The van der Waals surface area contributed by atoms with Crippen molar-refractivity contribution in [1.29, 1.82) is 0 Å². The van der Waals surface area contributed by atoms with Gasteiger partial charge in [-0.25, -0.2) is 9.37 Å². The van der Waals surface area contributed by atoms with Crippen molar-refractivity contribution >= 4 is 5.82 Å². The van der Waals surface area contributed by atoms with E-state index in [0.717, 1.165) is 11.1 Å². The van der Waals surface area contributed by atoms with Gasteiger partial charge in [-0.3, -0.25) is 0 Å². The topological polar surface area (TPSA) is 48.1 Å². The van der Waals surface area contributed by atoms with Crippen LogP contribution >= 0.6 is 0 Å². The lowest BCUT2D eigenvalue weighted by Crippen LogP contribution is -1.99. The molecule has 3 nitrogen and oxygen atoms in total. The van der Waals surface area contributed by atoms with E-state index in [0.29, 0.717) is 18.2 Å². The molecule has 17 heavy (non-hydrogen) atoms. The maximum absolute atomic E-state index is 12.9. The van der Waals surface area contributed by atoms with Crippen molar-refractivity contribution in [3.8, 4) is 5.75 Å². The molecule has 0 radical (unpaired) electrons. The Labute approximate surface area is 99.1 Å². The summed E-state index contributed by atoms with van der Waals surface area (Å²) in [6.45, 7) is 2.19. The van der Waals surface area contributed by atoms with Crippen LogP contribution in [0.3, 0.4) is 0 Å². The molecule has 1 aromatic carbocycles. The number of nitrogen functional groups attached to an aromatic ring is 1. The molecule has 0 bridgehead atoms. The first-order chi connectivity index (χ1) is 8.15. The van der Waals surface area contributed by atoms with Gasteiger partial charge in [0.05, 0.1) is 0 Å². The first-order valence-electron chi connectivity index (χ1n) is 5.24. The third-order valence-electron chi connectivity index (χ3n) is 2.38. The smallest absolute Gasteiger partial charge is 0.123 e. The molecule has 0 aliphatic rings. The van der Waals surface area contributed by atoms with E-state index in [1.807, 2.05) is 6.07 Å². The number of nitrogens with two attached hydrogens (primary N) is 1. The Kier molecular flexibility index (Phi) is 3.23. The maximum atomic E-state index is 12.9. The molecule has 0 atom stereocenters. The number of aryl methyl sites for hydroxylation is 1. The Bertz CT molecular complexity index is 529. The second kappa shape index (κ2) is 4.82. The van der Waals surface area contributed by atoms with Crippen LogP contribution in [0.2, 0.25) is 0 Å². The second-order valence-electron chi connectivity index (χ2n) is 3.79. The highest BCUT2D eigenvalue weighted by Gasteiger charge is 2.02. The van der Waals surface area contributed by atoms with E-state index in [1.165, 1.54) is 12.1 Å². The van der Waals surface area contributed by atoms with Gasteiger partial charge in [0.15, 0.2) is 0 Å². The van der Waals surface area contributed by atoms with Crippen molar-refractivity contribution < 1.29 is 9.13 Å². The van der Waals surface area contributed by atoms with Crippen LogP contribution in [0.4, 0.5) is 10.2 Å². The molecular weight excluding hydrogens is 219 g/mol. The Morgan fingerprint density at radius 2 is 2.12 bits per heavy atom. The molecule has 0 aliphatic carbocycles. The van der Waals surface area contributed by atoms with Crippen LogP contribution in [0.1, 0.15) is 11.1 Å². The van der Waals surface area contributed by atoms with E-state index in [9.17, 15) is 4.39 Å². The lowest BCUT2D eigenvalue weighted by molar-refractivity contribution is 0.303. The van der Waals surface area contributed by atoms with Crippen molar-refractivity contribution in [3.63, 3.8) is 0 Å². The van der Waals surface area contributed by atoms with Crippen molar-refractivity contribution in [1.82, 2.24) is 4.98 Å². The van der Waals surface area contributed by atoms with Gasteiger partial charge < -0.3 is 10.5 Å². The minimum Gasteiger partial charge on any atom is -0.489 e. The highest BCUT2D eigenvalue weighted by Crippen LogP contribution is 2.19. The van der Waals surface area contributed by atoms with Gasteiger partial charge >= 0.3 is 0 Å². The van der Waals surface area contributed by atoms with Crippen LogP contribution in [0, 0.1) is 12.7 Å². The van der Waals surface area contributed by atoms with Crippen LogP contribution in [0.15, 0.2) is 36.5 Å². The molecule has 4 heteroatoms. The van der Waals surface area contributed by atoms with Gasteiger partial charge in [0.25, 0.3) is 0 Å². The molecule has 0 aliphatic heterocycles. The zero-order chi connectivity index (χ0) is 12.3. The Hall–Kier alpha value is -2.10. The maximum Gasteiger partial charge on any atom is 0.123 e. The molecular formula is C13H13FN2O. The summed E-state index contributed by atoms with van der Waals surface area (Å²) < 4.78 is 18.5. The molecule has 1 heterocycles. The number of hydrogen-bond donors (Lipinski definition) is 1. The van der Waals surface area contributed by atoms with E-state index >= 15 is 0 Å². The average molecular weight is 232 g/mol. The van der Waals surface area contributed by atoms with Gasteiger partial charge in [0.2, 0.25) is 0 Å². The predicted molar refractivity (Wildman–Crippen MR) is 64.1 cm³/mol. The molecule has 2 rings (SSSR count). The van der Waals surface area contributed by atoms with E-state index in [2.05, 4.69) is 4.98 Å². The number of ether oxygens (including phenoxy) is 1. The third-order valence-corrected chi connectivity index (χ3v) is 2.38. The fourth-order valence-electron chi connectivity index (χ4n) is 1.52. The number of aromatic nitrogens is 1. The number of halogens is 1. The average Bonchev–Trinajstić information content (AvgIpc) is 2.28. The van der Waals surface area contributed by atoms with Crippen LogP contribution in [0.5, 0.6) is 5.75 Å². The molecule has 2 aromatic rings. The van der Waals surface area contributed by atoms with Gasteiger partial charge in [-0.1, -0.05) is 0 Å². The third kappa shape index (κ3) is 2.93. The van der Waals surface area contributed by atoms with E-state index in [-0.39, 0.29) is 5.82 Å². The van der Waals surface area contributed by atoms with Crippen molar-refractivity contribution in [3.05, 3.63) is 53.5 Å². The molecule has 0 saturated heterocycles. The summed E-state index contributed by atoms with van der Waals surface area (Å²) >= 11 is 0. The lowest BCUT2D eigenvalue weighted by Gasteiger charge is -2.09. The van der Waals surface area contributed by atoms with E-state index in [4.69, 9.17) is 10.5 Å². The highest BCUT2D eigenvalue weighted by molar-refractivity contribution is 5.34. The Balaban J connectivity index is 2.07. The van der Waals surface area contributed by atoms with Crippen molar-refractivity contribution in [2.75, 3.05) is 5.73 Å². The molecule has 0 saturated carbocycles. The summed E-state index contributed by atoms with van der Waals surface area (Å²) in [5.41, 5.74) is 7.26. The summed E-state index contributed by atoms with van der Waals surface area (Å²) in [4.78, 5) is 3.90. The molecule has 1 aromatic heterocycles. The second-order valence-corrected chi connectivity index (χ2v) is 3.79. The molecule has 2 N–H and O–H groups in total. The summed E-state index contributed by atoms with van der Waals surface area (Å²) in [7, 11) is 0. The van der Waals surface area contributed by atoms with Gasteiger partial charge in [-0.15, -0.1) is 0 Å². The largest absolute Gasteiger partial charge is 0.489 e. The fraction of sp³-hybridized carbons (Fsp3) is 0.154. The fourth-order valence-corrected chi connectivity index (χ4v) is 1.52. The monoisotopic (exact) mass is 232 g/mol. The Morgan fingerprint density at radius 1 is 1.29 bits per heavy atom. The van der Waals surface area contributed by atoms with Crippen LogP contribution in [-0.2, 0) is 6.61 Å². The van der Waals surface area contributed by atoms with Crippen LogP contribution in [0.25, 0.3) is 0 Å². The van der Waals surface area contributed by atoms with Gasteiger partial charge in [-0.05, 0) is 48.4 Å². The lowest BCUT2D eigenvalue weighted by atomic mass is 10.2. The molecule has 0 fully saturated rings. The summed E-state index contributed by atoms with van der Waals surface area (Å²) in [5, 5.41) is 0. The van der Waals surface area contributed by atoms with Gasteiger partial charge in [0, 0.05) is 6.20 Å². The number of nitrogens with zero attached hydrogens (tertiary/aromatic N) is 1. The number of rotatable bonds is 3. The zero-order valence-electron chi connectivity index (χ0n) is 9.48. The normalized spacial score (nSPS) is 10.2. The molecule has 88 valence electrons. The number of anilines is 1. The summed E-state index contributed by atoms with van der Waals surface area (Å²) in [6.07, 6.45) is 1.63. The molecule has 0 unspecified atom stereocenters. The SMILES string of the molecule is Cc1cc(F)ccc1OCc1ccnc(N)c1. The van der Waals surface area contributed by atoms with E-state index in [1.54, 1.807) is 25.3 Å². The van der Waals surface area contributed by atoms with Gasteiger partial charge in [0.1, 0.15) is 24.0 Å². The zero-order valence-corrected chi connectivity index (χ0v) is 9.48. The highest BCUT2D eigenvalue weighted by atomic mass is 19.1. The van der Waals surface area contributed by atoms with Crippen molar-refractivity contribution in [2.24, 2.45) is 0 Å². The van der Waals surface area contributed by atoms with Crippen LogP contribution < -0.4 is 10.5 Å². The van der Waals surface area contributed by atoms with E-state index < -0.39 is 0 Å².